The number of benzene rings is 6. The monoisotopic (exact) mass is 544 g/mol. The summed E-state index contributed by atoms with van der Waals surface area (Å²) in [7, 11) is 0. The average molecular weight is 544 g/mol. The van der Waals surface area contributed by atoms with Crippen LogP contribution in [0.3, 0.4) is 0 Å². The van der Waals surface area contributed by atoms with Crippen LogP contribution in [0, 0.1) is 18.6 Å². The summed E-state index contributed by atoms with van der Waals surface area (Å²) in [6.07, 6.45) is 0. The molecule has 0 unspecified atom stereocenters. The van der Waals surface area contributed by atoms with E-state index in [4.69, 9.17) is 0 Å². The lowest BCUT2D eigenvalue weighted by atomic mass is 9.34. The zero-order valence-electron chi connectivity index (χ0n) is 22.8. The summed E-state index contributed by atoms with van der Waals surface area (Å²) in [6.45, 7) is 2.13. The molecule has 2 nitrogen and oxygen atoms in total. The molecular formula is C37H23BF2N2. The summed E-state index contributed by atoms with van der Waals surface area (Å²) in [5.41, 5.74) is 13.5. The van der Waals surface area contributed by atoms with Crippen LogP contribution in [0.2, 0.25) is 0 Å². The van der Waals surface area contributed by atoms with Crippen molar-refractivity contribution in [2.24, 2.45) is 0 Å². The molecule has 0 aliphatic carbocycles. The summed E-state index contributed by atoms with van der Waals surface area (Å²) in [6, 6.07) is 38.0. The average Bonchev–Trinajstić information content (AvgIpc) is 3.34. The second kappa shape index (κ2) is 8.43. The topological polar surface area (TPSA) is 17.0 Å². The highest BCUT2D eigenvalue weighted by Crippen LogP contribution is 2.40. The molecule has 7 aromatic rings. The molecular weight excluding hydrogens is 521 g/mol. The Morgan fingerprint density at radius 1 is 0.667 bits per heavy atom. The van der Waals surface area contributed by atoms with Crippen LogP contribution >= 0.6 is 0 Å². The standard InChI is InChI=1S/C37H23BF2N2/c1-21-8-2-3-9-24(21)27-11-6-13-29-36(27)41-32-18-22(25-17-16-23(39)20-31(25)40)19-34-35(32)38(29)30-14-7-12-28-26-10-4-5-15-33(26)42(34)37(28)30/h2-20,41H,1H3. The van der Waals surface area contributed by atoms with Gasteiger partial charge in [0.2, 0.25) is 0 Å². The molecule has 5 heteroatoms. The predicted molar refractivity (Wildman–Crippen MR) is 171 cm³/mol. The molecule has 3 heterocycles. The summed E-state index contributed by atoms with van der Waals surface area (Å²) in [5.74, 6) is -1.16. The maximum atomic E-state index is 15.3. The van der Waals surface area contributed by atoms with Gasteiger partial charge in [-0.1, -0.05) is 78.9 Å². The van der Waals surface area contributed by atoms with Crippen molar-refractivity contribution in [2.45, 2.75) is 6.92 Å². The number of halogens is 2. The van der Waals surface area contributed by atoms with Crippen LogP contribution in [0.4, 0.5) is 20.2 Å². The predicted octanol–water partition coefficient (Wildman–Crippen LogP) is 7.59. The van der Waals surface area contributed by atoms with E-state index < -0.39 is 11.6 Å². The maximum Gasteiger partial charge on any atom is 0.252 e. The fourth-order valence-corrected chi connectivity index (χ4v) is 7.30. The molecule has 0 atom stereocenters. The number of fused-ring (bicyclic) bond motifs is 7. The Morgan fingerprint density at radius 3 is 2.31 bits per heavy atom. The minimum absolute atomic E-state index is 0.0113. The van der Waals surface area contributed by atoms with Gasteiger partial charge in [-0.3, -0.25) is 0 Å². The third-order valence-corrected chi connectivity index (χ3v) is 9.07. The Hall–Kier alpha value is -5.16. The molecule has 9 rings (SSSR count). The van der Waals surface area contributed by atoms with Crippen LogP contribution < -0.4 is 21.7 Å². The lowest BCUT2D eigenvalue weighted by molar-refractivity contribution is 0.585. The number of nitrogens with one attached hydrogen (secondary N) is 1. The number of para-hydroxylation sites is 3. The second-order valence-corrected chi connectivity index (χ2v) is 11.3. The largest absolute Gasteiger partial charge is 0.356 e. The Balaban J connectivity index is 1.43. The molecule has 1 aromatic heterocycles. The summed E-state index contributed by atoms with van der Waals surface area (Å²) in [4.78, 5) is 0. The van der Waals surface area contributed by atoms with Gasteiger partial charge in [0.05, 0.1) is 5.52 Å². The number of hydrogen-bond donors (Lipinski definition) is 1. The van der Waals surface area contributed by atoms with Crippen LogP contribution in [-0.4, -0.2) is 11.3 Å². The molecule has 198 valence electrons. The molecule has 0 spiro atoms. The summed E-state index contributed by atoms with van der Waals surface area (Å²) < 4.78 is 31.5. The van der Waals surface area contributed by atoms with Crippen LogP contribution in [0.25, 0.3) is 49.7 Å². The molecule has 0 saturated heterocycles. The van der Waals surface area contributed by atoms with Crippen molar-refractivity contribution in [3.8, 4) is 27.9 Å². The first kappa shape index (κ1) is 23.5. The number of anilines is 2. The van der Waals surface area contributed by atoms with Crippen molar-refractivity contribution in [3.05, 3.63) is 132 Å². The van der Waals surface area contributed by atoms with E-state index in [1.54, 1.807) is 0 Å². The highest BCUT2D eigenvalue weighted by molar-refractivity contribution is 7.00. The van der Waals surface area contributed by atoms with Gasteiger partial charge in [0.15, 0.2) is 0 Å². The quantitative estimate of drug-likeness (QED) is 0.222. The number of nitrogens with zero attached hydrogens (tertiary/aromatic N) is 1. The fraction of sp³-hybridized carbons (Fsp3) is 0.0270. The Kier molecular flexibility index (Phi) is 4.73. The minimum atomic E-state index is -0.586. The summed E-state index contributed by atoms with van der Waals surface area (Å²) in [5, 5.41) is 6.19. The van der Waals surface area contributed by atoms with Crippen LogP contribution in [0.1, 0.15) is 5.56 Å². The van der Waals surface area contributed by atoms with Crippen molar-refractivity contribution >= 4 is 56.3 Å². The number of aryl methyl sites for hydroxylation is 1. The van der Waals surface area contributed by atoms with Crippen LogP contribution in [0.15, 0.2) is 115 Å². The second-order valence-electron chi connectivity index (χ2n) is 11.3. The molecule has 0 amide bonds. The van der Waals surface area contributed by atoms with Gasteiger partial charge in [-0.25, -0.2) is 8.78 Å². The van der Waals surface area contributed by atoms with Crippen LogP contribution in [-0.2, 0) is 0 Å². The molecule has 1 N–H and O–H groups in total. The van der Waals surface area contributed by atoms with Crippen molar-refractivity contribution in [1.29, 1.82) is 0 Å². The third kappa shape index (κ3) is 3.08. The van der Waals surface area contributed by atoms with E-state index in [0.717, 1.165) is 39.7 Å². The Bertz CT molecular complexity index is 2280. The molecule has 42 heavy (non-hydrogen) atoms. The number of rotatable bonds is 2. The first-order valence-electron chi connectivity index (χ1n) is 14.2. The van der Waals surface area contributed by atoms with Crippen molar-refractivity contribution < 1.29 is 8.78 Å². The van der Waals surface area contributed by atoms with E-state index in [9.17, 15) is 4.39 Å². The van der Waals surface area contributed by atoms with E-state index in [1.807, 2.05) is 6.07 Å². The van der Waals surface area contributed by atoms with E-state index in [2.05, 4.69) is 108 Å². The molecule has 2 aliphatic heterocycles. The smallest absolute Gasteiger partial charge is 0.252 e. The normalized spacial score (nSPS) is 12.8. The van der Waals surface area contributed by atoms with E-state index in [0.29, 0.717) is 11.1 Å². The Labute approximate surface area is 241 Å². The van der Waals surface area contributed by atoms with Crippen molar-refractivity contribution in [3.63, 3.8) is 0 Å². The molecule has 0 saturated carbocycles. The highest BCUT2D eigenvalue weighted by Gasteiger charge is 2.40. The van der Waals surface area contributed by atoms with Gasteiger partial charge >= 0.3 is 0 Å². The van der Waals surface area contributed by atoms with E-state index >= 15 is 4.39 Å². The lowest BCUT2D eigenvalue weighted by Crippen LogP contribution is -2.59. The molecule has 0 fully saturated rings. The van der Waals surface area contributed by atoms with Gasteiger partial charge in [0.1, 0.15) is 11.6 Å². The molecule has 6 aromatic carbocycles. The van der Waals surface area contributed by atoms with Gasteiger partial charge in [-0.05, 0) is 70.3 Å². The maximum absolute atomic E-state index is 15.3. The zero-order valence-corrected chi connectivity index (χ0v) is 22.8. The number of hydrogen-bond acceptors (Lipinski definition) is 1. The Morgan fingerprint density at radius 2 is 1.43 bits per heavy atom. The minimum Gasteiger partial charge on any atom is -0.356 e. The number of aromatic nitrogens is 1. The van der Waals surface area contributed by atoms with Gasteiger partial charge in [-0.15, -0.1) is 0 Å². The highest BCUT2D eigenvalue weighted by atomic mass is 19.1. The van der Waals surface area contributed by atoms with Gasteiger partial charge in [-0.2, -0.15) is 0 Å². The lowest BCUT2D eigenvalue weighted by Gasteiger charge is -2.35. The zero-order chi connectivity index (χ0) is 28.1. The third-order valence-electron chi connectivity index (χ3n) is 9.07. The van der Waals surface area contributed by atoms with Crippen molar-refractivity contribution in [2.75, 3.05) is 5.32 Å². The summed E-state index contributed by atoms with van der Waals surface area (Å²) >= 11 is 0. The molecule has 0 bridgehead atoms. The SMILES string of the molecule is Cc1ccccc1-c1cccc2c1Nc1cc(-c3ccc(F)cc3F)cc3c1B2c1cccc2c4ccccc4n-3c12. The molecule has 2 aliphatic rings. The molecule has 0 radical (unpaired) electrons. The van der Waals surface area contributed by atoms with Gasteiger partial charge in [0, 0.05) is 50.5 Å². The van der Waals surface area contributed by atoms with E-state index in [1.165, 1.54) is 50.5 Å². The van der Waals surface area contributed by atoms with Crippen molar-refractivity contribution in [1.82, 2.24) is 4.57 Å². The van der Waals surface area contributed by atoms with Gasteiger partial charge in [0.25, 0.3) is 6.71 Å². The first-order chi connectivity index (χ1) is 20.6. The van der Waals surface area contributed by atoms with Gasteiger partial charge < -0.3 is 9.88 Å². The van der Waals surface area contributed by atoms with Crippen LogP contribution in [0.5, 0.6) is 0 Å². The van der Waals surface area contributed by atoms with E-state index in [-0.39, 0.29) is 6.71 Å². The fourth-order valence-electron chi connectivity index (χ4n) is 7.30. The first-order valence-corrected chi connectivity index (χ1v) is 14.2.